The van der Waals surface area contributed by atoms with Gasteiger partial charge in [-0.05, 0) is 6.42 Å². The van der Waals surface area contributed by atoms with Crippen molar-refractivity contribution in [1.82, 2.24) is 9.80 Å². The van der Waals surface area contributed by atoms with E-state index >= 15 is 0 Å². The molecule has 0 N–H and O–H groups in total. The minimum atomic E-state index is 0.438. The molecule has 0 aromatic carbocycles. The van der Waals surface area contributed by atoms with Gasteiger partial charge in [0.2, 0.25) is 0 Å². The number of carbonyl (C=O) groups is 1. The molecule has 1 saturated heterocycles. The molecule has 1 aliphatic rings. The lowest BCUT2D eigenvalue weighted by molar-refractivity contribution is -0.108. The summed E-state index contributed by atoms with van der Waals surface area (Å²) in [4.78, 5) is 15.0. The highest BCUT2D eigenvalue weighted by atomic mass is 16.6. The van der Waals surface area contributed by atoms with Crippen molar-refractivity contribution in [3.8, 4) is 0 Å². The molecule has 10 nitrogen and oxygen atoms in total. The first-order chi connectivity index (χ1) is 16.9. The monoisotopic (exact) mass is 492 g/mol. The predicted octanol–water partition coefficient (Wildman–Crippen LogP) is 0.719. The zero-order valence-corrected chi connectivity index (χ0v) is 21.3. The summed E-state index contributed by atoms with van der Waals surface area (Å²) in [5.41, 5.74) is 0. The van der Waals surface area contributed by atoms with Crippen LogP contribution in [0.1, 0.15) is 19.8 Å². The fraction of sp³-hybridized carbons (Fsp3) is 0.958. The van der Waals surface area contributed by atoms with E-state index in [1.54, 1.807) is 0 Å². The number of nitrogens with zero attached hydrogens (tertiary/aromatic N) is 2. The third-order valence-corrected chi connectivity index (χ3v) is 5.16. The van der Waals surface area contributed by atoms with Crippen molar-refractivity contribution in [2.75, 3.05) is 132 Å². The van der Waals surface area contributed by atoms with E-state index in [4.69, 9.17) is 33.2 Å². The van der Waals surface area contributed by atoms with Crippen molar-refractivity contribution in [2.24, 2.45) is 0 Å². The van der Waals surface area contributed by atoms with Gasteiger partial charge in [-0.25, -0.2) is 0 Å². The lowest BCUT2D eigenvalue weighted by atomic mass is 10.3. The molecule has 1 rings (SSSR count). The lowest BCUT2D eigenvalue weighted by Gasteiger charge is -2.34. The molecule has 202 valence electrons. The Morgan fingerprint density at radius 1 is 0.500 bits per heavy atom. The van der Waals surface area contributed by atoms with Crippen molar-refractivity contribution in [3.63, 3.8) is 0 Å². The Balaban J connectivity index is 1.77. The van der Waals surface area contributed by atoms with E-state index < -0.39 is 0 Å². The van der Waals surface area contributed by atoms with E-state index in [0.717, 1.165) is 71.8 Å². The van der Waals surface area contributed by atoms with Gasteiger partial charge in [0.15, 0.2) is 0 Å². The molecule has 0 atom stereocenters. The molecular formula is C24H48N2O8. The zero-order valence-electron chi connectivity index (χ0n) is 21.3. The first-order valence-electron chi connectivity index (χ1n) is 12.8. The highest BCUT2D eigenvalue weighted by molar-refractivity contribution is 5.49. The number of rotatable bonds is 26. The van der Waals surface area contributed by atoms with Crippen molar-refractivity contribution >= 4 is 6.29 Å². The molecule has 0 spiro atoms. The summed E-state index contributed by atoms with van der Waals surface area (Å²) in [6.07, 6.45) is 2.33. The van der Waals surface area contributed by atoms with Crippen LogP contribution in [0.25, 0.3) is 0 Å². The summed E-state index contributed by atoms with van der Waals surface area (Å²) in [5.74, 6) is 0. The number of carbonyl (C=O) groups excluding carboxylic acids is 1. The molecule has 0 saturated carbocycles. The molecule has 1 aliphatic heterocycles. The molecule has 1 heterocycles. The Hall–Kier alpha value is -0.690. The van der Waals surface area contributed by atoms with Crippen molar-refractivity contribution in [1.29, 1.82) is 0 Å². The first-order valence-corrected chi connectivity index (χ1v) is 12.8. The highest BCUT2D eigenvalue weighted by Gasteiger charge is 2.16. The van der Waals surface area contributed by atoms with E-state index in [1.807, 2.05) is 0 Å². The smallest absolute Gasteiger partial charge is 0.122 e. The first kappa shape index (κ1) is 31.3. The van der Waals surface area contributed by atoms with Crippen LogP contribution < -0.4 is 0 Å². The van der Waals surface area contributed by atoms with Crippen LogP contribution in [0.5, 0.6) is 0 Å². The summed E-state index contributed by atoms with van der Waals surface area (Å²) in [6.45, 7) is 16.9. The summed E-state index contributed by atoms with van der Waals surface area (Å²) in [5, 5.41) is 0. The van der Waals surface area contributed by atoms with Crippen LogP contribution in [-0.4, -0.2) is 148 Å². The van der Waals surface area contributed by atoms with Gasteiger partial charge in [-0.2, -0.15) is 0 Å². The van der Waals surface area contributed by atoms with Gasteiger partial charge >= 0.3 is 0 Å². The average Bonchev–Trinajstić information content (AvgIpc) is 2.86. The van der Waals surface area contributed by atoms with Gasteiger partial charge < -0.3 is 38.0 Å². The second-order valence-corrected chi connectivity index (χ2v) is 7.93. The second-order valence-electron chi connectivity index (χ2n) is 7.93. The second kappa shape index (κ2) is 25.4. The number of hydrogen-bond donors (Lipinski definition) is 0. The molecule has 0 bridgehead atoms. The van der Waals surface area contributed by atoms with E-state index in [9.17, 15) is 4.79 Å². The zero-order chi connectivity index (χ0) is 24.4. The van der Waals surface area contributed by atoms with Gasteiger partial charge in [-0.15, -0.1) is 0 Å². The van der Waals surface area contributed by atoms with E-state index in [1.165, 1.54) is 0 Å². The molecule has 0 radical (unpaired) electrons. The fourth-order valence-electron chi connectivity index (χ4n) is 3.20. The summed E-state index contributed by atoms with van der Waals surface area (Å²) in [7, 11) is 0. The van der Waals surface area contributed by atoms with Gasteiger partial charge in [0, 0.05) is 52.3 Å². The van der Waals surface area contributed by atoms with E-state index in [2.05, 4.69) is 16.7 Å². The van der Waals surface area contributed by atoms with Crippen molar-refractivity contribution in [2.45, 2.75) is 19.8 Å². The van der Waals surface area contributed by atoms with E-state index in [0.29, 0.717) is 79.1 Å². The van der Waals surface area contributed by atoms with Crippen LogP contribution in [0.3, 0.4) is 0 Å². The van der Waals surface area contributed by atoms with Gasteiger partial charge in [-0.1, -0.05) is 6.92 Å². The summed E-state index contributed by atoms with van der Waals surface area (Å²) in [6, 6.07) is 0. The Morgan fingerprint density at radius 3 is 1.18 bits per heavy atom. The van der Waals surface area contributed by atoms with Gasteiger partial charge in [0.1, 0.15) is 6.29 Å². The fourth-order valence-corrected chi connectivity index (χ4v) is 3.20. The van der Waals surface area contributed by atoms with Crippen LogP contribution in [0, 0.1) is 0 Å². The average molecular weight is 493 g/mol. The SMILES string of the molecule is CCCOCCOCCOCCOCCN1CCN(CCOCCOCCOCCC=O)CC1. The summed E-state index contributed by atoms with van der Waals surface area (Å²) >= 11 is 0. The van der Waals surface area contributed by atoms with Crippen LogP contribution >= 0.6 is 0 Å². The van der Waals surface area contributed by atoms with Crippen LogP contribution in [-0.2, 0) is 38.0 Å². The van der Waals surface area contributed by atoms with Crippen LogP contribution in [0.15, 0.2) is 0 Å². The number of ether oxygens (including phenoxy) is 7. The summed E-state index contributed by atoms with van der Waals surface area (Å²) < 4.78 is 38.3. The maximum atomic E-state index is 10.2. The Bertz CT molecular complexity index is 426. The Labute approximate surface area is 206 Å². The minimum absolute atomic E-state index is 0.438. The quantitative estimate of drug-likeness (QED) is 0.127. The van der Waals surface area contributed by atoms with Crippen LogP contribution in [0.4, 0.5) is 0 Å². The molecule has 34 heavy (non-hydrogen) atoms. The molecule has 1 fully saturated rings. The minimum Gasteiger partial charge on any atom is -0.379 e. The molecule has 0 aromatic rings. The third-order valence-electron chi connectivity index (χ3n) is 5.16. The third kappa shape index (κ3) is 20.7. The normalized spacial score (nSPS) is 15.2. The molecule has 0 aliphatic carbocycles. The molecule has 0 unspecified atom stereocenters. The predicted molar refractivity (Wildman–Crippen MR) is 130 cm³/mol. The molecule has 10 heteroatoms. The van der Waals surface area contributed by atoms with Crippen molar-refractivity contribution in [3.05, 3.63) is 0 Å². The number of hydrogen-bond acceptors (Lipinski definition) is 10. The van der Waals surface area contributed by atoms with Gasteiger partial charge in [0.25, 0.3) is 0 Å². The van der Waals surface area contributed by atoms with E-state index in [-0.39, 0.29) is 0 Å². The lowest BCUT2D eigenvalue weighted by Crippen LogP contribution is -2.48. The van der Waals surface area contributed by atoms with Gasteiger partial charge in [-0.3, -0.25) is 9.80 Å². The number of aldehydes is 1. The number of piperazine rings is 1. The highest BCUT2D eigenvalue weighted by Crippen LogP contribution is 2.01. The Kier molecular flexibility index (Phi) is 23.4. The maximum absolute atomic E-state index is 10.2. The largest absolute Gasteiger partial charge is 0.379 e. The standard InChI is InChI=1S/C24H48N2O8/c1-2-11-28-15-19-32-23-24-34-22-18-31-14-9-26-6-4-25(5-7-26)8-13-30-17-21-33-20-16-29-12-3-10-27/h10H,2-9,11-24H2,1H3. The topological polar surface area (TPSA) is 88.2 Å². The molecule has 0 amide bonds. The molecule has 0 aromatic heterocycles. The van der Waals surface area contributed by atoms with Crippen molar-refractivity contribution < 1.29 is 38.0 Å². The van der Waals surface area contributed by atoms with Gasteiger partial charge in [0.05, 0.1) is 85.9 Å². The van der Waals surface area contributed by atoms with Crippen LogP contribution in [0.2, 0.25) is 0 Å². The molecular weight excluding hydrogens is 444 g/mol. The Morgan fingerprint density at radius 2 is 0.824 bits per heavy atom. The maximum Gasteiger partial charge on any atom is 0.122 e.